The van der Waals surface area contributed by atoms with Crippen molar-refractivity contribution >= 4 is 27.0 Å². The number of methoxy groups -OCH3 is 1. The Hall–Kier alpha value is -2.84. The van der Waals surface area contributed by atoms with Crippen LogP contribution in [0.2, 0.25) is 0 Å². The fourth-order valence-electron chi connectivity index (χ4n) is 4.07. The second kappa shape index (κ2) is 8.36. The Labute approximate surface area is 181 Å². The van der Waals surface area contributed by atoms with E-state index >= 15 is 0 Å². The first-order valence-corrected chi connectivity index (χ1v) is 11.7. The molecule has 7 nitrogen and oxygen atoms in total. The largest absolute Gasteiger partial charge is 0.497 e. The van der Waals surface area contributed by atoms with Gasteiger partial charge in [0.15, 0.2) is 0 Å². The van der Waals surface area contributed by atoms with E-state index in [2.05, 4.69) is 0 Å². The van der Waals surface area contributed by atoms with Crippen LogP contribution in [0.25, 0.3) is 11.0 Å². The number of hydrogen-bond acceptors (Lipinski definition) is 6. The zero-order valence-electron chi connectivity index (χ0n) is 17.8. The van der Waals surface area contributed by atoms with Gasteiger partial charge < -0.3 is 13.9 Å². The Morgan fingerprint density at radius 3 is 2.61 bits per heavy atom. The Morgan fingerprint density at radius 2 is 1.94 bits per heavy atom. The lowest BCUT2D eigenvalue weighted by atomic mass is 10.1. The molecule has 3 aromatic rings. The summed E-state index contributed by atoms with van der Waals surface area (Å²) in [6.07, 6.45) is 1.54. The van der Waals surface area contributed by atoms with Crippen LogP contribution in [0.15, 0.2) is 51.8 Å². The third-order valence-electron chi connectivity index (χ3n) is 5.68. The quantitative estimate of drug-likeness (QED) is 0.523. The molecule has 0 spiro atoms. The van der Waals surface area contributed by atoms with E-state index < -0.39 is 16.0 Å². The normalized spacial score (nSPS) is 17.2. The zero-order chi connectivity index (χ0) is 22.2. The molecular formula is C23H25NO6S. The number of carbonyl (C=O) groups is 1. The lowest BCUT2D eigenvalue weighted by Crippen LogP contribution is -2.30. The van der Waals surface area contributed by atoms with Crippen molar-refractivity contribution in [3.05, 3.63) is 59.4 Å². The Kier molecular flexibility index (Phi) is 5.77. The molecule has 1 aromatic heterocycles. The summed E-state index contributed by atoms with van der Waals surface area (Å²) < 4.78 is 44.5. The highest BCUT2D eigenvalue weighted by molar-refractivity contribution is 7.89. The lowest BCUT2D eigenvalue weighted by molar-refractivity contribution is 0.0491. The number of nitrogens with zero attached hydrogens (tertiary/aromatic N) is 1. The molecule has 0 amide bonds. The van der Waals surface area contributed by atoms with Crippen molar-refractivity contribution in [3.8, 4) is 5.75 Å². The lowest BCUT2D eigenvalue weighted by Gasteiger charge is -2.24. The van der Waals surface area contributed by atoms with Gasteiger partial charge in [0, 0.05) is 17.5 Å². The Balaban J connectivity index is 1.70. The summed E-state index contributed by atoms with van der Waals surface area (Å²) in [6, 6.07) is 12.0. The van der Waals surface area contributed by atoms with Crippen molar-refractivity contribution < 1.29 is 27.1 Å². The third kappa shape index (κ3) is 3.81. The number of aryl methyl sites for hydroxylation is 1. The molecule has 0 bridgehead atoms. The molecule has 164 valence electrons. The highest BCUT2D eigenvalue weighted by Crippen LogP contribution is 2.38. The van der Waals surface area contributed by atoms with Crippen molar-refractivity contribution in [3.63, 3.8) is 0 Å². The van der Waals surface area contributed by atoms with E-state index in [9.17, 15) is 13.2 Å². The Bertz CT molecular complexity index is 1210. The van der Waals surface area contributed by atoms with Crippen LogP contribution in [0.4, 0.5) is 0 Å². The summed E-state index contributed by atoms with van der Waals surface area (Å²) in [4.78, 5) is 12.3. The molecule has 0 saturated carbocycles. The molecule has 1 saturated heterocycles. The van der Waals surface area contributed by atoms with E-state index in [1.807, 2.05) is 24.3 Å². The van der Waals surface area contributed by atoms with E-state index in [0.29, 0.717) is 23.1 Å². The summed E-state index contributed by atoms with van der Waals surface area (Å²) >= 11 is 0. The highest BCUT2D eigenvalue weighted by atomic mass is 32.2. The molecule has 1 aliphatic rings. The standard InChI is InChI=1S/C23H25NO6S/c1-4-29-23(25)22-15(2)19-14-18(11-12-21(19)30-22)31(26,27)24-13-5-6-20(24)16-7-9-17(28-3)10-8-16/h7-12,14,20H,4-6,13H2,1-3H3. The molecule has 0 N–H and O–H groups in total. The van der Waals surface area contributed by atoms with Gasteiger partial charge in [0.1, 0.15) is 11.3 Å². The molecule has 1 aliphatic heterocycles. The second-order valence-corrected chi connectivity index (χ2v) is 9.37. The van der Waals surface area contributed by atoms with Crippen LogP contribution in [0.1, 0.15) is 47.5 Å². The number of furan rings is 1. The van der Waals surface area contributed by atoms with Gasteiger partial charge in [-0.3, -0.25) is 0 Å². The molecule has 8 heteroatoms. The van der Waals surface area contributed by atoms with Crippen molar-refractivity contribution in [1.82, 2.24) is 4.31 Å². The third-order valence-corrected chi connectivity index (χ3v) is 7.58. The first-order valence-electron chi connectivity index (χ1n) is 10.2. The van der Waals surface area contributed by atoms with Crippen LogP contribution in [-0.2, 0) is 14.8 Å². The maximum atomic E-state index is 13.5. The second-order valence-electron chi connectivity index (χ2n) is 7.48. The first-order chi connectivity index (χ1) is 14.9. The fourth-order valence-corrected chi connectivity index (χ4v) is 5.78. The van der Waals surface area contributed by atoms with Crippen molar-refractivity contribution in [1.29, 1.82) is 0 Å². The van der Waals surface area contributed by atoms with Gasteiger partial charge in [-0.15, -0.1) is 0 Å². The molecular weight excluding hydrogens is 418 g/mol. The number of hydrogen-bond donors (Lipinski definition) is 0. The minimum Gasteiger partial charge on any atom is -0.497 e. The minimum absolute atomic E-state index is 0.101. The highest BCUT2D eigenvalue weighted by Gasteiger charge is 2.36. The van der Waals surface area contributed by atoms with Gasteiger partial charge in [-0.1, -0.05) is 12.1 Å². The van der Waals surface area contributed by atoms with Gasteiger partial charge in [0.25, 0.3) is 0 Å². The summed E-state index contributed by atoms with van der Waals surface area (Å²) in [5.74, 6) is 0.276. The van der Waals surface area contributed by atoms with Crippen LogP contribution in [0.3, 0.4) is 0 Å². The Morgan fingerprint density at radius 1 is 1.19 bits per heavy atom. The van der Waals surface area contributed by atoms with Gasteiger partial charge in [-0.25, -0.2) is 13.2 Å². The molecule has 0 aliphatic carbocycles. The summed E-state index contributed by atoms with van der Waals surface area (Å²) in [7, 11) is -2.14. The van der Waals surface area contributed by atoms with Crippen LogP contribution >= 0.6 is 0 Å². The number of benzene rings is 2. The predicted octanol–water partition coefficient (Wildman–Crippen LogP) is 4.45. The minimum atomic E-state index is -3.74. The monoisotopic (exact) mass is 443 g/mol. The van der Waals surface area contributed by atoms with Crippen LogP contribution in [-0.4, -0.2) is 39.0 Å². The van der Waals surface area contributed by atoms with Crippen molar-refractivity contribution in [2.75, 3.05) is 20.3 Å². The number of ether oxygens (including phenoxy) is 2. The fraction of sp³-hybridized carbons (Fsp3) is 0.348. The van der Waals surface area contributed by atoms with E-state index in [0.717, 1.165) is 24.2 Å². The molecule has 0 radical (unpaired) electrons. The molecule has 1 atom stereocenters. The first kappa shape index (κ1) is 21.4. The SMILES string of the molecule is CCOC(=O)c1oc2ccc(S(=O)(=O)N3CCCC3c3ccc(OC)cc3)cc2c1C. The van der Waals surface area contributed by atoms with E-state index in [-0.39, 0.29) is 23.3 Å². The molecule has 1 unspecified atom stereocenters. The average molecular weight is 444 g/mol. The average Bonchev–Trinajstić information content (AvgIpc) is 3.39. The number of rotatable bonds is 6. The van der Waals surface area contributed by atoms with E-state index in [4.69, 9.17) is 13.9 Å². The topological polar surface area (TPSA) is 86.0 Å². The summed E-state index contributed by atoms with van der Waals surface area (Å²) in [5.41, 5.74) is 1.96. The van der Waals surface area contributed by atoms with Crippen molar-refractivity contribution in [2.24, 2.45) is 0 Å². The maximum Gasteiger partial charge on any atom is 0.374 e. The van der Waals surface area contributed by atoms with Crippen LogP contribution < -0.4 is 4.74 Å². The molecule has 4 rings (SSSR count). The van der Waals surface area contributed by atoms with E-state index in [1.165, 1.54) is 6.07 Å². The van der Waals surface area contributed by atoms with E-state index in [1.54, 1.807) is 37.4 Å². The van der Waals surface area contributed by atoms with Crippen LogP contribution in [0, 0.1) is 6.92 Å². The summed E-state index contributed by atoms with van der Waals surface area (Å²) in [5, 5.41) is 0.587. The molecule has 2 aromatic carbocycles. The van der Waals surface area contributed by atoms with Gasteiger partial charge in [-0.2, -0.15) is 4.31 Å². The van der Waals surface area contributed by atoms with Gasteiger partial charge in [0.05, 0.1) is 24.7 Å². The van der Waals surface area contributed by atoms with Crippen LogP contribution in [0.5, 0.6) is 5.75 Å². The predicted molar refractivity (Wildman–Crippen MR) is 116 cm³/mol. The molecule has 2 heterocycles. The smallest absolute Gasteiger partial charge is 0.374 e. The van der Waals surface area contributed by atoms with Gasteiger partial charge >= 0.3 is 5.97 Å². The number of fused-ring (bicyclic) bond motifs is 1. The maximum absolute atomic E-state index is 13.5. The molecule has 1 fully saturated rings. The van der Waals surface area contributed by atoms with Gasteiger partial charge in [0.2, 0.25) is 15.8 Å². The van der Waals surface area contributed by atoms with Gasteiger partial charge in [-0.05, 0) is 62.6 Å². The number of carbonyl (C=O) groups excluding carboxylic acids is 1. The summed E-state index contributed by atoms with van der Waals surface area (Å²) in [6.45, 7) is 4.13. The number of esters is 1. The number of sulfonamides is 1. The zero-order valence-corrected chi connectivity index (χ0v) is 18.6. The van der Waals surface area contributed by atoms with Crippen molar-refractivity contribution in [2.45, 2.75) is 37.6 Å². The molecule has 31 heavy (non-hydrogen) atoms.